The van der Waals surface area contributed by atoms with Crippen LogP contribution in [0.1, 0.15) is 46.1 Å². The zero-order chi connectivity index (χ0) is 28.4. The third-order valence-electron chi connectivity index (χ3n) is 7.55. The molecule has 1 aliphatic heterocycles. The minimum absolute atomic E-state index is 0.0388. The molecule has 214 valence electrons. The number of hydrogen-bond acceptors (Lipinski definition) is 6. The smallest absolute Gasteiger partial charge is 0.245 e. The number of aliphatic hydroxyl groups is 1. The topological polar surface area (TPSA) is 96.9 Å². The van der Waals surface area contributed by atoms with E-state index in [1.807, 2.05) is 74.2 Å². The number of carbonyl (C=O) groups excluding carboxylic acids is 2. The van der Waals surface area contributed by atoms with E-state index in [1.54, 1.807) is 14.0 Å². The van der Waals surface area contributed by atoms with E-state index in [2.05, 4.69) is 33.0 Å². The van der Waals surface area contributed by atoms with Crippen molar-refractivity contribution in [2.75, 3.05) is 38.5 Å². The predicted molar refractivity (Wildman–Crippen MR) is 157 cm³/mol. The molecule has 2 aromatic rings. The van der Waals surface area contributed by atoms with Crippen molar-refractivity contribution in [3.05, 3.63) is 66.2 Å². The lowest BCUT2D eigenvalue weighted by atomic mass is 9.85. The first-order valence-electron chi connectivity index (χ1n) is 14.1. The number of likely N-dealkylation sites (tertiary alicyclic amines) is 1. The van der Waals surface area contributed by atoms with E-state index in [4.69, 9.17) is 0 Å². The third kappa shape index (κ3) is 9.05. The van der Waals surface area contributed by atoms with Crippen LogP contribution in [0.2, 0.25) is 0 Å². The first kappa shape index (κ1) is 30.6. The number of amides is 2. The van der Waals surface area contributed by atoms with Crippen LogP contribution < -0.4 is 16.0 Å². The van der Waals surface area contributed by atoms with Crippen molar-refractivity contribution in [1.82, 2.24) is 20.4 Å². The molecule has 0 spiro atoms. The van der Waals surface area contributed by atoms with Gasteiger partial charge >= 0.3 is 0 Å². The number of nitrogens with one attached hydrogen (secondary N) is 3. The van der Waals surface area contributed by atoms with Crippen LogP contribution in [0.3, 0.4) is 0 Å². The van der Waals surface area contributed by atoms with Crippen LogP contribution in [0.5, 0.6) is 0 Å². The van der Waals surface area contributed by atoms with Crippen molar-refractivity contribution in [3.63, 3.8) is 0 Å². The maximum absolute atomic E-state index is 13.9. The highest BCUT2D eigenvalue weighted by molar-refractivity contribution is 5.90. The Kier molecular flexibility index (Phi) is 11.3. The van der Waals surface area contributed by atoms with Gasteiger partial charge in [0.25, 0.3) is 0 Å². The lowest BCUT2D eigenvalue weighted by molar-refractivity contribution is -0.141. The Morgan fingerprint density at radius 2 is 1.72 bits per heavy atom. The first-order valence-corrected chi connectivity index (χ1v) is 14.1. The molecular weight excluding hydrogens is 490 g/mol. The molecule has 0 saturated carbocycles. The number of carbonyl (C=O) groups is 2. The molecule has 3 rings (SSSR count). The lowest BCUT2D eigenvalue weighted by Gasteiger charge is -2.38. The molecule has 2 aromatic carbocycles. The summed E-state index contributed by atoms with van der Waals surface area (Å²) in [5.74, 6) is -0.241. The highest BCUT2D eigenvalue weighted by Gasteiger charge is 2.40. The lowest BCUT2D eigenvalue weighted by Crippen LogP contribution is -2.59. The van der Waals surface area contributed by atoms with Gasteiger partial charge in [0.15, 0.2) is 0 Å². The van der Waals surface area contributed by atoms with Crippen molar-refractivity contribution >= 4 is 17.5 Å². The van der Waals surface area contributed by atoms with Crippen molar-refractivity contribution in [1.29, 1.82) is 0 Å². The highest BCUT2D eigenvalue weighted by Crippen LogP contribution is 2.26. The van der Waals surface area contributed by atoms with E-state index >= 15 is 0 Å². The second-order valence-corrected chi connectivity index (χ2v) is 11.6. The average molecular weight is 538 g/mol. The summed E-state index contributed by atoms with van der Waals surface area (Å²) in [6.45, 7) is 9.99. The number of aliphatic hydroxyl groups excluding tert-OH is 1. The molecule has 0 bridgehead atoms. The van der Waals surface area contributed by atoms with E-state index < -0.39 is 23.7 Å². The zero-order valence-corrected chi connectivity index (χ0v) is 24.2. The van der Waals surface area contributed by atoms with Crippen LogP contribution in [0.4, 0.5) is 5.69 Å². The summed E-state index contributed by atoms with van der Waals surface area (Å²) in [7, 11) is 1.73. The Morgan fingerprint density at radius 1 is 1.08 bits per heavy atom. The maximum Gasteiger partial charge on any atom is 0.245 e. The molecule has 8 heteroatoms. The normalized spacial score (nSPS) is 18.0. The number of benzene rings is 2. The third-order valence-corrected chi connectivity index (χ3v) is 7.55. The Balaban J connectivity index is 1.74. The van der Waals surface area contributed by atoms with Crippen LogP contribution in [0.15, 0.2) is 60.7 Å². The molecule has 4 atom stereocenters. The zero-order valence-electron chi connectivity index (χ0n) is 24.2. The van der Waals surface area contributed by atoms with Crippen molar-refractivity contribution in [2.45, 2.75) is 71.3 Å². The molecule has 2 amide bonds. The second-order valence-electron chi connectivity index (χ2n) is 11.6. The molecule has 8 nitrogen and oxygen atoms in total. The van der Waals surface area contributed by atoms with E-state index in [9.17, 15) is 14.7 Å². The molecule has 1 unspecified atom stereocenters. The summed E-state index contributed by atoms with van der Waals surface area (Å²) in [4.78, 5) is 30.6. The Morgan fingerprint density at radius 3 is 2.33 bits per heavy atom. The van der Waals surface area contributed by atoms with Gasteiger partial charge in [-0.2, -0.15) is 0 Å². The number of hydrogen-bond donors (Lipinski definition) is 4. The molecule has 4 N–H and O–H groups in total. The van der Waals surface area contributed by atoms with E-state index in [0.717, 1.165) is 24.9 Å². The van der Waals surface area contributed by atoms with Gasteiger partial charge in [-0.3, -0.25) is 14.5 Å². The Labute approximate surface area is 234 Å². The molecular formula is C31H47N5O3. The highest BCUT2D eigenvalue weighted by atomic mass is 16.3. The number of para-hydroxylation sites is 1. The van der Waals surface area contributed by atoms with Gasteiger partial charge in [0, 0.05) is 31.4 Å². The fourth-order valence-electron chi connectivity index (χ4n) is 4.97. The molecule has 1 aliphatic rings. The summed E-state index contributed by atoms with van der Waals surface area (Å²) in [5.41, 5.74) is 1.72. The summed E-state index contributed by atoms with van der Waals surface area (Å²) in [6, 6.07) is 19.0. The van der Waals surface area contributed by atoms with Crippen molar-refractivity contribution < 1.29 is 14.7 Å². The van der Waals surface area contributed by atoms with E-state index in [0.29, 0.717) is 26.2 Å². The van der Waals surface area contributed by atoms with Crippen LogP contribution in [0.25, 0.3) is 0 Å². The van der Waals surface area contributed by atoms with Crippen LogP contribution in [0, 0.1) is 5.41 Å². The quantitative estimate of drug-likeness (QED) is 0.293. The van der Waals surface area contributed by atoms with Gasteiger partial charge in [-0.1, -0.05) is 69.3 Å². The minimum atomic E-state index is -0.721. The van der Waals surface area contributed by atoms with E-state index in [1.165, 1.54) is 5.56 Å². The number of nitrogens with zero attached hydrogens (tertiary/aromatic N) is 2. The van der Waals surface area contributed by atoms with Crippen molar-refractivity contribution in [2.24, 2.45) is 5.41 Å². The number of anilines is 1. The van der Waals surface area contributed by atoms with Gasteiger partial charge in [0.2, 0.25) is 11.8 Å². The number of likely N-dealkylation sites (N-methyl/N-ethyl adjacent to an activating group) is 1. The minimum Gasteiger partial charge on any atom is -0.381 e. The molecule has 0 radical (unpaired) electrons. The van der Waals surface area contributed by atoms with Gasteiger partial charge in [0.1, 0.15) is 12.3 Å². The van der Waals surface area contributed by atoms with Gasteiger partial charge < -0.3 is 26.0 Å². The summed E-state index contributed by atoms with van der Waals surface area (Å²) < 4.78 is 0. The summed E-state index contributed by atoms with van der Waals surface area (Å²) >= 11 is 0. The van der Waals surface area contributed by atoms with Gasteiger partial charge in [-0.05, 0) is 56.3 Å². The SMILES string of the molecule is CN[C@@H](C)C(=O)N[C@H](C(=O)N1CCC[C@H]1CN(CCc1ccccc1)C(O)CNc1ccccc1)C(C)(C)C. The molecule has 0 aliphatic carbocycles. The fourth-order valence-corrected chi connectivity index (χ4v) is 4.97. The second kappa shape index (κ2) is 14.4. The molecule has 1 fully saturated rings. The molecule has 39 heavy (non-hydrogen) atoms. The maximum atomic E-state index is 13.9. The Bertz CT molecular complexity index is 1030. The van der Waals surface area contributed by atoms with Crippen LogP contribution in [-0.4, -0.2) is 84.3 Å². The average Bonchev–Trinajstić information content (AvgIpc) is 3.40. The van der Waals surface area contributed by atoms with Crippen molar-refractivity contribution in [3.8, 4) is 0 Å². The monoisotopic (exact) mass is 537 g/mol. The molecule has 0 aromatic heterocycles. The first-order chi connectivity index (χ1) is 18.6. The van der Waals surface area contributed by atoms with Crippen LogP contribution >= 0.6 is 0 Å². The number of rotatable bonds is 13. The fraction of sp³-hybridized carbons (Fsp3) is 0.548. The van der Waals surface area contributed by atoms with Gasteiger partial charge in [-0.25, -0.2) is 0 Å². The predicted octanol–water partition coefficient (Wildman–Crippen LogP) is 3.09. The van der Waals surface area contributed by atoms with Gasteiger partial charge in [-0.15, -0.1) is 0 Å². The largest absolute Gasteiger partial charge is 0.381 e. The summed E-state index contributed by atoms with van der Waals surface area (Å²) in [6.07, 6.45) is 1.84. The molecule has 1 heterocycles. The standard InChI is InChI=1S/C31H47N5O3/c1-23(32-5)29(38)34-28(31(2,3)4)30(39)36-19-12-17-26(36)22-35(20-18-24-13-8-6-9-14-24)27(37)21-33-25-15-10-7-11-16-25/h6-11,13-16,23,26-28,32-33,37H,12,17-22H2,1-5H3,(H,34,38)/t23-,26-,27?,28+/m0/s1. The van der Waals surface area contributed by atoms with Crippen LogP contribution in [-0.2, 0) is 16.0 Å². The Hall–Kier alpha value is -2.94. The van der Waals surface area contributed by atoms with Gasteiger partial charge in [0.05, 0.1) is 12.6 Å². The molecule has 1 saturated heterocycles. The van der Waals surface area contributed by atoms with E-state index in [-0.39, 0.29) is 17.9 Å². The summed E-state index contributed by atoms with van der Waals surface area (Å²) in [5, 5.41) is 20.6.